The number of nitrogens with one attached hydrogen (secondary N) is 1. The molecule has 1 saturated heterocycles. The number of piperidine rings is 1. The summed E-state index contributed by atoms with van der Waals surface area (Å²) >= 11 is 0. The van der Waals surface area contributed by atoms with Crippen molar-refractivity contribution < 1.29 is 4.79 Å². The molecule has 0 bridgehead atoms. The molecule has 1 aliphatic heterocycles. The van der Waals surface area contributed by atoms with Crippen LogP contribution in [0, 0.1) is 5.92 Å². The lowest BCUT2D eigenvalue weighted by atomic mass is 9.78. The predicted molar refractivity (Wildman–Crippen MR) is 73.2 cm³/mol. The molecule has 2 aliphatic rings. The smallest absolute Gasteiger partial charge is 0.235 e. The number of carbonyl (C=O) groups excluding carboxylic acids is 1. The molecule has 1 saturated carbocycles. The van der Waals surface area contributed by atoms with Crippen LogP contribution in [0.15, 0.2) is 0 Å². The molecule has 104 valence electrons. The Morgan fingerprint density at radius 3 is 2.78 bits per heavy atom. The molecular formula is C14H27N3O. The van der Waals surface area contributed by atoms with E-state index in [1.165, 1.54) is 38.5 Å². The summed E-state index contributed by atoms with van der Waals surface area (Å²) in [6, 6.07) is 0.517. The minimum absolute atomic E-state index is 0.185. The summed E-state index contributed by atoms with van der Waals surface area (Å²) in [5.74, 6) is 0.650. The fraction of sp³-hybridized carbons (Fsp3) is 0.929. The maximum absolute atomic E-state index is 11.5. The molecule has 1 aliphatic carbocycles. The minimum Gasteiger partial charge on any atom is -0.368 e. The molecule has 18 heavy (non-hydrogen) atoms. The van der Waals surface area contributed by atoms with Crippen molar-refractivity contribution in [1.82, 2.24) is 10.2 Å². The van der Waals surface area contributed by atoms with Crippen LogP contribution in [0.25, 0.3) is 0 Å². The Morgan fingerprint density at radius 2 is 2.06 bits per heavy atom. The van der Waals surface area contributed by atoms with Crippen molar-refractivity contribution in [3.63, 3.8) is 0 Å². The Hall–Kier alpha value is -0.610. The van der Waals surface area contributed by atoms with Gasteiger partial charge in [-0.25, -0.2) is 0 Å². The largest absolute Gasteiger partial charge is 0.368 e. The van der Waals surface area contributed by atoms with Crippen LogP contribution in [0.3, 0.4) is 0 Å². The zero-order chi connectivity index (χ0) is 13.0. The van der Waals surface area contributed by atoms with Gasteiger partial charge in [0.25, 0.3) is 0 Å². The topological polar surface area (TPSA) is 58.4 Å². The van der Waals surface area contributed by atoms with Crippen LogP contribution in [0.2, 0.25) is 0 Å². The maximum Gasteiger partial charge on any atom is 0.235 e. The summed E-state index contributed by atoms with van der Waals surface area (Å²) in [4.78, 5) is 14.0. The van der Waals surface area contributed by atoms with Crippen molar-refractivity contribution in [3.8, 4) is 0 Å². The van der Waals surface area contributed by atoms with Crippen LogP contribution in [0.1, 0.15) is 45.4 Å². The molecule has 4 heteroatoms. The molecule has 1 amide bonds. The summed E-state index contributed by atoms with van der Waals surface area (Å²) in [6.07, 6.45) is 8.08. The summed E-state index contributed by atoms with van der Waals surface area (Å²) in [5.41, 5.74) is 5.48. The molecule has 1 heterocycles. The summed E-state index contributed by atoms with van der Waals surface area (Å²) in [6.45, 7) is 4.76. The molecular weight excluding hydrogens is 226 g/mol. The number of likely N-dealkylation sites (tertiary alicyclic amines) is 1. The first-order valence-electron chi connectivity index (χ1n) is 7.49. The zero-order valence-electron chi connectivity index (χ0n) is 11.5. The second kappa shape index (κ2) is 6.53. The second-order valence-electron chi connectivity index (χ2n) is 5.76. The second-order valence-corrected chi connectivity index (χ2v) is 5.76. The molecule has 0 radical (unpaired) electrons. The fourth-order valence-electron chi connectivity index (χ4n) is 3.69. The van der Waals surface area contributed by atoms with Crippen LogP contribution >= 0.6 is 0 Å². The van der Waals surface area contributed by atoms with E-state index in [-0.39, 0.29) is 11.9 Å². The SMILES string of the molecule is CCNC(CN1CCCC2CCCCC21)C(N)=O. The van der Waals surface area contributed by atoms with E-state index < -0.39 is 0 Å². The van der Waals surface area contributed by atoms with Gasteiger partial charge in [-0.1, -0.05) is 19.8 Å². The Balaban J connectivity index is 1.95. The van der Waals surface area contributed by atoms with E-state index in [0.29, 0.717) is 6.04 Å². The molecule has 4 nitrogen and oxygen atoms in total. The zero-order valence-corrected chi connectivity index (χ0v) is 11.5. The maximum atomic E-state index is 11.5. The quantitative estimate of drug-likeness (QED) is 0.771. The molecule has 0 aromatic rings. The number of likely N-dealkylation sites (N-methyl/N-ethyl adjacent to an activating group) is 1. The van der Waals surface area contributed by atoms with Gasteiger partial charge in [-0.05, 0) is 44.7 Å². The standard InChI is InChI=1S/C14H27N3O/c1-2-16-12(14(15)18)10-17-9-5-7-11-6-3-4-8-13(11)17/h11-13,16H,2-10H2,1H3,(H2,15,18). The van der Waals surface area contributed by atoms with Crippen molar-refractivity contribution in [2.24, 2.45) is 11.7 Å². The lowest BCUT2D eigenvalue weighted by Crippen LogP contribution is -2.55. The fourth-order valence-corrected chi connectivity index (χ4v) is 3.69. The van der Waals surface area contributed by atoms with Gasteiger partial charge in [0.05, 0.1) is 6.04 Å². The van der Waals surface area contributed by atoms with Gasteiger partial charge in [-0.15, -0.1) is 0 Å². The molecule has 2 rings (SSSR count). The van der Waals surface area contributed by atoms with Crippen LogP contribution in [0.4, 0.5) is 0 Å². The van der Waals surface area contributed by atoms with Crippen LogP contribution in [-0.2, 0) is 4.79 Å². The number of fused-ring (bicyclic) bond motifs is 1. The lowest BCUT2D eigenvalue weighted by Gasteiger charge is -2.45. The van der Waals surface area contributed by atoms with Gasteiger partial charge in [-0.2, -0.15) is 0 Å². The van der Waals surface area contributed by atoms with Gasteiger partial charge in [-0.3, -0.25) is 9.69 Å². The van der Waals surface area contributed by atoms with Crippen molar-refractivity contribution >= 4 is 5.91 Å². The molecule has 0 aromatic heterocycles. The Kier molecular flexibility index (Phi) is 5.01. The molecule has 0 aromatic carbocycles. The first-order chi connectivity index (χ1) is 8.72. The molecule has 2 fully saturated rings. The van der Waals surface area contributed by atoms with E-state index in [0.717, 1.165) is 25.6 Å². The average molecular weight is 253 g/mol. The highest BCUT2D eigenvalue weighted by Gasteiger charge is 2.34. The molecule has 3 atom stereocenters. The predicted octanol–water partition coefficient (Wildman–Crippen LogP) is 1.10. The Labute approximate surface area is 110 Å². The van der Waals surface area contributed by atoms with Gasteiger partial charge in [0.2, 0.25) is 5.91 Å². The lowest BCUT2D eigenvalue weighted by molar-refractivity contribution is -0.121. The van der Waals surface area contributed by atoms with Gasteiger partial charge in [0, 0.05) is 12.6 Å². The van der Waals surface area contributed by atoms with E-state index in [1.54, 1.807) is 0 Å². The molecule has 3 unspecified atom stereocenters. The van der Waals surface area contributed by atoms with E-state index in [1.807, 2.05) is 6.92 Å². The van der Waals surface area contributed by atoms with E-state index in [9.17, 15) is 4.79 Å². The number of nitrogens with two attached hydrogens (primary N) is 1. The van der Waals surface area contributed by atoms with E-state index >= 15 is 0 Å². The van der Waals surface area contributed by atoms with Crippen molar-refractivity contribution in [3.05, 3.63) is 0 Å². The summed E-state index contributed by atoms with van der Waals surface area (Å²) in [5, 5.41) is 3.21. The van der Waals surface area contributed by atoms with Gasteiger partial charge < -0.3 is 11.1 Å². The number of rotatable bonds is 5. The van der Waals surface area contributed by atoms with E-state index in [2.05, 4.69) is 10.2 Å². The summed E-state index contributed by atoms with van der Waals surface area (Å²) < 4.78 is 0. The highest BCUT2D eigenvalue weighted by atomic mass is 16.1. The first kappa shape index (κ1) is 13.8. The third-order valence-electron chi connectivity index (χ3n) is 4.57. The van der Waals surface area contributed by atoms with E-state index in [4.69, 9.17) is 5.73 Å². The highest BCUT2D eigenvalue weighted by Crippen LogP contribution is 2.35. The van der Waals surface area contributed by atoms with Gasteiger partial charge >= 0.3 is 0 Å². The number of carbonyl (C=O) groups is 1. The number of primary amides is 1. The monoisotopic (exact) mass is 253 g/mol. The Morgan fingerprint density at radius 1 is 1.33 bits per heavy atom. The van der Waals surface area contributed by atoms with Crippen molar-refractivity contribution in [2.75, 3.05) is 19.6 Å². The average Bonchev–Trinajstić information content (AvgIpc) is 2.38. The first-order valence-corrected chi connectivity index (χ1v) is 7.49. The van der Waals surface area contributed by atoms with Gasteiger partial charge in [0.1, 0.15) is 0 Å². The van der Waals surface area contributed by atoms with Crippen molar-refractivity contribution in [1.29, 1.82) is 0 Å². The number of hydrogen-bond donors (Lipinski definition) is 2. The van der Waals surface area contributed by atoms with Crippen LogP contribution in [0.5, 0.6) is 0 Å². The van der Waals surface area contributed by atoms with Crippen molar-refractivity contribution in [2.45, 2.75) is 57.5 Å². The van der Waals surface area contributed by atoms with Gasteiger partial charge in [0.15, 0.2) is 0 Å². The third-order valence-corrected chi connectivity index (χ3v) is 4.57. The third kappa shape index (κ3) is 3.23. The minimum atomic E-state index is -0.213. The van der Waals surface area contributed by atoms with Crippen LogP contribution < -0.4 is 11.1 Å². The van der Waals surface area contributed by atoms with Crippen LogP contribution in [-0.4, -0.2) is 42.5 Å². The Bertz CT molecular complexity index is 280. The normalized spacial score (nSPS) is 30.7. The number of nitrogens with zero attached hydrogens (tertiary/aromatic N) is 1. The molecule has 3 N–H and O–H groups in total. The highest BCUT2D eigenvalue weighted by molar-refractivity contribution is 5.80. The summed E-state index contributed by atoms with van der Waals surface area (Å²) in [7, 11) is 0. The number of hydrogen-bond acceptors (Lipinski definition) is 3. The number of amides is 1. The molecule has 0 spiro atoms.